The second kappa shape index (κ2) is 4.35. The molecule has 1 atom stereocenters. The molecule has 2 aromatic rings. The van der Waals surface area contributed by atoms with E-state index in [1.54, 1.807) is 23.3 Å². The summed E-state index contributed by atoms with van der Waals surface area (Å²) < 4.78 is 10.8. The van der Waals surface area contributed by atoms with Crippen molar-refractivity contribution >= 4 is 27.2 Å². The number of furan rings is 2. The van der Waals surface area contributed by atoms with Gasteiger partial charge in [0.1, 0.15) is 11.5 Å². The van der Waals surface area contributed by atoms with Gasteiger partial charge in [-0.2, -0.15) is 0 Å². The smallest absolute Gasteiger partial charge is 0.108 e. The highest BCUT2D eigenvalue weighted by Gasteiger charge is 2.28. The first-order chi connectivity index (χ1) is 8.27. The Morgan fingerprint density at radius 1 is 1.06 bits per heavy atom. The van der Waals surface area contributed by atoms with Gasteiger partial charge < -0.3 is 8.83 Å². The molecule has 3 rings (SSSR count). The minimum Gasteiger partial charge on any atom is -0.469 e. The summed E-state index contributed by atoms with van der Waals surface area (Å²) in [5.74, 6) is 1.97. The normalized spacial score (nSPS) is 19.6. The summed E-state index contributed by atoms with van der Waals surface area (Å²) in [6.07, 6.45) is 3.51. The summed E-state index contributed by atoms with van der Waals surface area (Å²) in [6.45, 7) is 4.02. The van der Waals surface area contributed by atoms with Gasteiger partial charge in [0.25, 0.3) is 0 Å². The van der Waals surface area contributed by atoms with Gasteiger partial charge in [-0.15, -0.1) is 0 Å². The number of rotatable bonds is 2. The molecule has 0 fully saturated rings. The monoisotopic (exact) mass is 264 g/mol. The van der Waals surface area contributed by atoms with Gasteiger partial charge in [-0.3, -0.25) is 0 Å². The fraction of sp³-hybridized carbons (Fsp3) is 0.231. The largest absolute Gasteiger partial charge is 0.469 e. The average Bonchev–Trinajstić information content (AvgIpc) is 2.97. The Kier molecular flexibility index (Phi) is 2.84. The summed E-state index contributed by atoms with van der Waals surface area (Å²) in [5, 5.41) is 2.55. The molecule has 0 saturated carbocycles. The minimum absolute atomic E-state index is 0.343. The van der Waals surface area contributed by atoms with Gasteiger partial charge >= 0.3 is 0 Å². The van der Waals surface area contributed by atoms with Gasteiger partial charge in [0.2, 0.25) is 0 Å². The van der Waals surface area contributed by atoms with Crippen molar-refractivity contribution in [2.24, 2.45) is 0 Å². The lowest BCUT2D eigenvalue weighted by molar-refractivity contribution is 0.530. The predicted molar refractivity (Wildman–Crippen MR) is 72.8 cm³/mol. The van der Waals surface area contributed by atoms with E-state index in [0.717, 1.165) is 11.5 Å². The molecule has 17 heavy (non-hydrogen) atoms. The van der Waals surface area contributed by atoms with E-state index in [1.165, 1.54) is 16.7 Å². The van der Waals surface area contributed by atoms with Crippen LogP contribution in [-0.4, -0.2) is 0 Å². The van der Waals surface area contributed by atoms with Crippen molar-refractivity contribution < 1.29 is 8.83 Å². The van der Waals surface area contributed by atoms with E-state index >= 15 is 0 Å². The minimum atomic E-state index is 0.343. The maximum Gasteiger partial charge on any atom is 0.108 e. The van der Waals surface area contributed by atoms with Crippen LogP contribution in [0.25, 0.3) is 5.57 Å². The molecule has 2 nitrogen and oxygen atoms in total. The van der Waals surface area contributed by atoms with Gasteiger partial charge in [0.15, 0.2) is 0 Å². The zero-order valence-corrected chi connectivity index (χ0v) is 11.2. The van der Waals surface area contributed by atoms with Crippen LogP contribution < -0.4 is 0 Å². The van der Waals surface area contributed by atoms with Crippen LogP contribution in [-0.2, 0) is 0 Å². The lowest BCUT2D eigenvalue weighted by Crippen LogP contribution is -1.94. The Labute approximate surface area is 108 Å². The van der Waals surface area contributed by atoms with E-state index in [4.69, 9.17) is 8.83 Å². The predicted octanol–water partition coefficient (Wildman–Crippen LogP) is 4.97. The maximum absolute atomic E-state index is 5.40. The quantitative estimate of drug-likeness (QED) is 0.716. The standard InChI is InChI=1S/C13H12O2S2/c1-8-10(3-5-14-8)12-7-16-17-13(12)11-4-6-15-9(11)2/h3-7,13H,1-2H3. The van der Waals surface area contributed by atoms with Crippen LogP contribution in [0.2, 0.25) is 0 Å². The molecule has 2 aromatic heterocycles. The molecule has 0 saturated heterocycles. The Morgan fingerprint density at radius 2 is 1.82 bits per heavy atom. The summed E-state index contributed by atoms with van der Waals surface area (Å²) in [7, 11) is 3.63. The molecule has 1 aliphatic rings. The topological polar surface area (TPSA) is 26.3 Å². The first kappa shape index (κ1) is 11.1. The van der Waals surface area contributed by atoms with Gasteiger partial charge in [-0.25, -0.2) is 0 Å². The lowest BCUT2D eigenvalue weighted by Gasteiger charge is -2.12. The van der Waals surface area contributed by atoms with E-state index in [-0.39, 0.29) is 0 Å². The molecule has 0 N–H and O–H groups in total. The molecule has 0 amide bonds. The van der Waals surface area contributed by atoms with E-state index in [2.05, 4.69) is 11.5 Å². The molecule has 0 radical (unpaired) electrons. The fourth-order valence-electron chi connectivity index (χ4n) is 2.02. The summed E-state index contributed by atoms with van der Waals surface area (Å²) >= 11 is 0. The molecule has 88 valence electrons. The first-order valence-electron chi connectivity index (χ1n) is 5.38. The number of aryl methyl sites for hydroxylation is 2. The third kappa shape index (κ3) is 1.85. The van der Waals surface area contributed by atoms with Crippen LogP contribution in [0.1, 0.15) is 27.9 Å². The Morgan fingerprint density at radius 3 is 2.47 bits per heavy atom. The van der Waals surface area contributed by atoms with E-state index in [0.29, 0.717) is 5.25 Å². The number of hydrogen-bond acceptors (Lipinski definition) is 4. The van der Waals surface area contributed by atoms with Crippen LogP contribution in [0.15, 0.2) is 38.9 Å². The van der Waals surface area contributed by atoms with Crippen LogP contribution in [0.4, 0.5) is 0 Å². The average molecular weight is 264 g/mol. The molecular formula is C13H12O2S2. The summed E-state index contributed by atoms with van der Waals surface area (Å²) in [5.41, 5.74) is 3.77. The SMILES string of the molecule is Cc1occc1C1=CSSC1c1ccoc1C. The molecule has 0 aromatic carbocycles. The number of hydrogen-bond donors (Lipinski definition) is 0. The van der Waals surface area contributed by atoms with Crippen molar-refractivity contribution in [1.82, 2.24) is 0 Å². The Balaban J connectivity index is 2.01. The Hall–Kier alpha value is -1.00. The van der Waals surface area contributed by atoms with Crippen molar-refractivity contribution in [2.75, 3.05) is 0 Å². The molecular weight excluding hydrogens is 252 g/mol. The molecule has 0 aliphatic carbocycles. The van der Waals surface area contributed by atoms with Crippen molar-refractivity contribution in [3.63, 3.8) is 0 Å². The Bertz CT molecular complexity index is 565. The zero-order valence-electron chi connectivity index (χ0n) is 9.60. The van der Waals surface area contributed by atoms with Gasteiger partial charge in [0, 0.05) is 11.1 Å². The van der Waals surface area contributed by atoms with Crippen molar-refractivity contribution in [3.05, 3.63) is 52.7 Å². The third-order valence-corrected chi connectivity index (χ3v) is 5.32. The zero-order chi connectivity index (χ0) is 11.8. The van der Waals surface area contributed by atoms with E-state index < -0.39 is 0 Å². The van der Waals surface area contributed by atoms with Crippen LogP contribution in [0, 0.1) is 13.8 Å². The van der Waals surface area contributed by atoms with Gasteiger partial charge in [-0.05, 0) is 37.0 Å². The van der Waals surface area contributed by atoms with Gasteiger partial charge in [0.05, 0.1) is 17.8 Å². The molecule has 4 heteroatoms. The molecule has 3 heterocycles. The highest BCUT2D eigenvalue weighted by atomic mass is 33.1. The first-order valence-corrected chi connectivity index (χ1v) is 7.65. The van der Waals surface area contributed by atoms with Crippen molar-refractivity contribution in [3.8, 4) is 0 Å². The van der Waals surface area contributed by atoms with Crippen molar-refractivity contribution in [1.29, 1.82) is 0 Å². The van der Waals surface area contributed by atoms with Gasteiger partial charge in [-0.1, -0.05) is 21.6 Å². The second-order valence-electron chi connectivity index (χ2n) is 3.97. The van der Waals surface area contributed by atoms with Crippen LogP contribution in [0.5, 0.6) is 0 Å². The molecule has 1 aliphatic heterocycles. The maximum atomic E-state index is 5.40. The van der Waals surface area contributed by atoms with E-state index in [1.807, 2.05) is 30.7 Å². The van der Waals surface area contributed by atoms with Crippen LogP contribution >= 0.6 is 21.6 Å². The summed E-state index contributed by atoms with van der Waals surface area (Å²) in [4.78, 5) is 0. The van der Waals surface area contributed by atoms with Crippen molar-refractivity contribution in [2.45, 2.75) is 19.1 Å². The molecule has 1 unspecified atom stereocenters. The van der Waals surface area contributed by atoms with E-state index in [9.17, 15) is 0 Å². The highest BCUT2D eigenvalue weighted by Crippen LogP contribution is 2.55. The highest BCUT2D eigenvalue weighted by molar-refractivity contribution is 8.78. The molecule has 0 bridgehead atoms. The van der Waals surface area contributed by atoms with Crippen LogP contribution in [0.3, 0.4) is 0 Å². The second-order valence-corrected chi connectivity index (χ2v) is 6.21. The third-order valence-electron chi connectivity index (χ3n) is 2.96. The lowest BCUT2D eigenvalue weighted by atomic mass is 10.00. The molecule has 0 spiro atoms. The summed E-state index contributed by atoms with van der Waals surface area (Å²) in [6, 6.07) is 4.10. The fourth-order valence-corrected chi connectivity index (χ4v) is 4.72.